The van der Waals surface area contributed by atoms with Crippen molar-refractivity contribution in [2.24, 2.45) is 0 Å². The number of benzene rings is 2. The van der Waals surface area contributed by atoms with Crippen LogP contribution in [0, 0.1) is 0 Å². The molecule has 1 amide bonds. The third-order valence-electron chi connectivity index (χ3n) is 4.33. The van der Waals surface area contributed by atoms with Crippen LogP contribution in [0.25, 0.3) is 0 Å². The van der Waals surface area contributed by atoms with E-state index in [0.29, 0.717) is 6.61 Å². The fraction of sp³-hybridized carbons (Fsp3) is 0.350. The Morgan fingerprint density at radius 1 is 1.19 bits per heavy atom. The molecule has 1 aliphatic heterocycles. The zero-order valence-corrected chi connectivity index (χ0v) is 15.3. The Morgan fingerprint density at radius 2 is 2.04 bits per heavy atom. The molecule has 26 heavy (non-hydrogen) atoms. The highest BCUT2D eigenvalue weighted by molar-refractivity contribution is 8.00. The van der Waals surface area contributed by atoms with E-state index < -0.39 is 0 Å². The van der Waals surface area contributed by atoms with Gasteiger partial charge in [-0.3, -0.25) is 10.0 Å². The Morgan fingerprint density at radius 3 is 2.85 bits per heavy atom. The SMILES string of the molecule is O=C(CC(CCCCc1ccccc1)Sc1ccc2c(c1)OOC2)NO. The number of rotatable bonds is 9. The molecule has 0 bridgehead atoms. The number of amides is 1. The normalized spacial score (nSPS) is 13.7. The molecule has 5 nitrogen and oxygen atoms in total. The molecule has 0 spiro atoms. The van der Waals surface area contributed by atoms with Gasteiger partial charge in [-0.15, -0.1) is 11.8 Å². The van der Waals surface area contributed by atoms with Crippen molar-refractivity contribution in [2.45, 2.75) is 48.9 Å². The van der Waals surface area contributed by atoms with E-state index in [9.17, 15) is 4.79 Å². The third-order valence-corrected chi connectivity index (χ3v) is 5.59. The molecule has 6 heteroatoms. The molecule has 0 saturated carbocycles. The summed E-state index contributed by atoms with van der Waals surface area (Å²) < 4.78 is 0. The number of fused-ring (bicyclic) bond motifs is 1. The van der Waals surface area contributed by atoms with E-state index in [1.165, 1.54) is 5.56 Å². The summed E-state index contributed by atoms with van der Waals surface area (Å²) in [5.41, 5.74) is 4.11. The summed E-state index contributed by atoms with van der Waals surface area (Å²) in [7, 11) is 0. The lowest BCUT2D eigenvalue weighted by molar-refractivity contribution is -0.194. The first-order chi connectivity index (χ1) is 12.7. The number of unbranched alkanes of at least 4 members (excludes halogenated alkanes) is 1. The highest BCUT2D eigenvalue weighted by atomic mass is 32.2. The van der Waals surface area contributed by atoms with Crippen LogP contribution in [0.15, 0.2) is 53.4 Å². The molecule has 2 aromatic rings. The molecule has 1 atom stereocenters. The van der Waals surface area contributed by atoms with Crippen LogP contribution in [0.1, 0.15) is 36.8 Å². The molecule has 1 heterocycles. The van der Waals surface area contributed by atoms with Gasteiger partial charge in [-0.05, 0) is 37.0 Å². The number of hydrogen-bond acceptors (Lipinski definition) is 5. The first kappa shape index (κ1) is 18.8. The van der Waals surface area contributed by atoms with Crippen LogP contribution in [0.4, 0.5) is 0 Å². The predicted octanol–water partition coefficient (Wildman–Crippen LogP) is 4.28. The third kappa shape index (κ3) is 5.49. The van der Waals surface area contributed by atoms with E-state index in [4.69, 9.17) is 15.0 Å². The maximum absolute atomic E-state index is 11.6. The van der Waals surface area contributed by atoms with E-state index in [-0.39, 0.29) is 17.6 Å². The minimum Gasteiger partial charge on any atom is -0.337 e. The van der Waals surface area contributed by atoms with Gasteiger partial charge in [0, 0.05) is 22.1 Å². The molecule has 2 N–H and O–H groups in total. The first-order valence-electron chi connectivity index (χ1n) is 8.80. The van der Waals surface area contributed by atoms with Crippen LogP contribution in [0.2, 0.25) is 0 Å². The van der Waals surface area contributed by atoms with Crippen molar-refractivity contribution in [1.82, 2.24) is 5.48 Å². The molecule has 3 rings (SSSR count). The Labute approximate surface area is 157 Å². The molecule has 0 radical (unpaired) electrons. The molecule has 1 aliphatic rings. The largest absolute Gasteiger partial charge is 0.337 e. The van der Waals surface area contributed by atoms with E-state index >= 15 is 0 Å². The van der Waals surface area contributed by atoms with Gasteiger partial charge in [0.15, 0.2) is 5.75 Å². The minimum absolute atomic E-state index is 0.0956. The van der Waals surface area contributed by atoms with Crippen molar-refractivity contribution in [3.8, 4) is 5.75 Å². The Balaban J connectivity index is 1.53. The minimum atomic E-state index is -0.355. The number of nitrogens with one attached hydrogen (secondary N) is 1. The van der Waals surface area contributed by atoms with Crippen molar-refractivity contribution < 1.29 is 19.8 Å². The monoisotopic (exact) mass is 373 g/mol. The standard InChI is InChI=1S/C20H23NO4S/c22-20(21-23)13-17(9-5-4-8-15-6-2-1-3-7-15)26-18-11-10-16-14-24-25-19(16)12-18/h1-3,6-7,10-12,17,23H,4-5,8-9,13-14H2,(H,21,22). The molecule has 1 unspecified atom stereocenters. The molecule has 0 aliphatic carbocycles. The summed E-state index contributed by atoms with van der Waals surface area (Å²) in [5, 5.41) is 8.95. The van der Waals surface area contributed by atoms with Gasteiger partial charge in [0.2, 0.25) is 5.91 Å². The Kier molecular flexibility index (Phi) is 6.94. The van der Waals surface area contributed by atoms with Crippen molar-refractivity contribution >= 4 is 17.7 Å². The fourth-order valence-electron chi connectivity index (χ4n) is 2.95. The van der Waals surface area contributed by atoms with Crippen molar-refractivity contribution in [3.05, 3.63) is 59.7 Å². The average molecular weight is 373 g/mol. The van der Waals surface area contributed by atoms with Gasteiger partial charge in [-0.2, -0.15) is 4.89 Å². The van der Waals surface area contributed by atoms with Gasteiger partial charge >= 0.3 is 0 Å². The van der Waals surface area contributed by atoms with Crippen LogP contribution in [0.5, 0.6) is 5.75 Å². The van der Waals surface area contributed by atoms with Gasteiger partial charge in [-0.1, -0.05) is 42.8 Å². The van der Waals surface area contributed by atoms with E-state index in [0.717, 1.165) is 41.9 Å². The van der Waals surface area contributed by atoms with Gasteiger partial charge in [0.05, 0.1) is 0 Å². The molecular formula is C20H23NO4S. The Hall–Kier alpha value is -2.02. The van der Waals surface area contributed by atoms with E-state index in [1.54, 1.807) is 17.2 Å². The smallest absolute Gasteiger partial charge is 0.244 e. The van der Waals surface area contributed by atoms with Crippen LogP contribution < -0.4 is 10.4 Å². The van der Waals surface area contributed by atoms with Gasteiger partial charge in [0.1, 0.15) is 6.61 Å². The number of carbonyl (C=O) groups excluding carboxylic acids is 1. The van der Waals surface area contributed by atoms with Gasteiger partial charge < -0.3 is 4.89 Å². The van der Waals surface area contributed by atoms with Crippen LogP contribution in [0.3, 0.4) is 0 Å². The average Bonchev–Trinajstić information content (AvgIpc) is 3.13. The summed E-state index contributed by atoms with van der Waals surface area (Å²) in [5.74, 6) is 0.385. The topological polar surface area (TPSA) is 67.8 Å². The van der Waals surface area contributed by atoms with Crippen LogP contribution >= 0.6 is 11.8 Å². The number of aryl methyl sites for hydroxylation is 1. The van der Waals surface area contributed by atoms with Crippen molar-refractivity contribution in [1.29, 1.82) is 0 Å². The van der Waals surface area contributed by atoms with Crippen LogP contribution in [-0.2, 0) is 22.7 Å². The Bertz CT molecular complexity index is 723. The molecular weight excluding hydrogens is 350 g/mol. The van der Waals surface area contributed by atoms with Gasteiger partial charge in [0.25, 0.3) is 0 Å². The van der Waals surface area contributed by atoms with Crippen LogP contribution in [-0.4, -0.2) is 16.4 Å². The lowest BCUT2D eigenvalue weighted by Crippen LogP contribution is -2.23. The van der Waals surface area contributed by atoms with Crippen molar-refractivity contribution in [2.75, 3.05) is 0 Å². The maximum atomic E-state index is 11.6. The van der Waals surface area contributed by atoms with Crippen molar-refractivity contribution in [3.63, 3.8) is 0 Å². The summed E-state index contributed by atoms with van der Waals surface area (Å²) in [6.07, 6.45) is 4.31. The molecule has 138 valence electrons. The number of carbonyl (C=O) groups is 1. The second kappa shape index (κ2) is 9.62. The molecule has 0 fully saturated rings. The second-order valence-electron chi connectivity index (χ2n) is 6.33. The number of hydrogen-bond donors (Lipinski definition) is 2. The number of thioether (sulfide) groups is 1. The van der Waals surface area contributed by atoms with E-state index in [1.807, 2.05) is 24.3 Å². The molecule has 0 aromatic heterocycles. The molecule has 2 aromatic carbocycles. The summed E-state index contributed by atoms with van der Waals surface area (Å²) in [4.78, 5) is 22.8. The lowest BCUT2D eigenvalue weighted by Gasteiger charge is -2.16. The summed E-state index contributed by atoms with van der Waals surface area (Å²) in [6, 6.07) is 16.4. The second-order valence-corrected chi connectivity index (χ2v) is 7.70. The van der Waals surface area contributed by atoms with Gasteiger partial charge in [-0.25, -0.2) is 5.48 Å². The highest BCUT2D eigenvalue weighted by Gasteiger charge is 2.18. The number of hydroxylamine groups is 1. The van der Waals surface area contributed by atoms with E-state index in [2.05, 4.69) is 24.3 Å². The molecule has 0 saturated heterocycles. The highest BCUT2D eigenvalue weighted by Crippen LogP contribution is 2.35. The summed E-state index contributed by atoms with van der Waals surface area (Å²) in [6.45, 7) is 0.468. The zero-order chi connectivity index (χ0) is 18.2. The quantitative estimate of drug-likeness (QED) is 0.226. The lowest BCUT2D eigenvalue weighted by atomic mass is 10.1. The first-order valence-corrected chi connectivity index (χ1v) is 9.68. The maximum Gasteiger partial charge on any atom is 0.244 e. The zero-order valence-electron chi connectivity index (χ0n) is 14.5. The fourth-order valence-corrected chi connectivity index (χ4v) is 4.18. The predicted molar refractivity (Wildman–Crippen MR) is 100 cm³/mol. The summed E-state index contributed by atoms with van der Waals surface area (Å²) >= 11 is 1.64.